The quantitative estimate of drug-likeness (QED) is 0.360. The van der Waals surface area contributed by atoms with Gasteiger partial charge in [-0.1, -0.05) is 18.2 Å². The number of aliphatic imine (C=N–C) groups is 1. The Bertz CT molecular complexity index is 563. The second kappa shape index (κ2) is 8.36. The smallest absolute Gasteiger partial charge is 0.189 e. The molecule has 0 aliphatic rings. The Morgan fingerprint density at radius 1 is 1.45 bits per heavy atom. The van der Waals surface area contributed by atoms with Crippen LogP contribution in [0.15, 0.2) is 60.4 Å². The maximum absolute atomic E-state index is 5.71. The average Bonchev–Trinajstić information content (AvgIpc) is 2.97. The molecule has 0 amide bonds. The molecule has 2 rings (SSSR count). The third kappa shape index (κ3) is 4.69. The van der Waals surface area contributed by atoms with Gasteiger partial charge in [-0.3, -0.25) is 0 Å². The van der Waals surface area contributed by atoms with E-state index >= 15 is 0 Å². The number of nitrogens with one attached hydrogen (secondary N) is 1. The lowest BCUT2D eigenvalue weighted by atomic mass is 10.2. The summed E-state index contributed by atoms with van der Waals surface area (Å²) in [7, 11) is 0. The largest absolute Gasteiger partial charge is 0.370 e. The molecule has 6 heteroatoms. The van der Waals surface area contributed by atoms with Gasteiger partial charge in [0.25, 0.3) is 0 Å². The van der Waals surface area contributed by atoms with Gasteiger partial charge in [0.1, 0.15) is 0 Å². The van der Waals surface area contributed by atoms with E-state index in [1.165, 1.54) is 0 Å². The van der Waals surface area contributed by atoms with Gasteiger partial charge in [0, 0.05) is 18.9 Å². The molecular weight excluding hydrogens is 365 g/mol. The monoisotopic (exact) mass is 383 g/mol. The van der Waals surface area contributed by atoms with Crippen LogP contribution < -0.4 is 11.1 Å². The van der Waals surface area contributed by atoms with Crippen molar-refractivity contribution < 1.29 is 0 Å². The molecule has 0 bridgehead atoms. The lowest BCUT2D eigenvalue weighted by molar-refractivity contribution is 0.875. The van der Waals surface area contributed by atoms with Gasteiger partial charge in [0.2, 0.25) is 0 Å². The third-order valence-electron chi connectivity index (χ3n) is 2.54. The van der Waals surface area contributed by atoms with Crippen LogP contribution in [0.5, 0.6) is 0 Å². The van der Waals surface area contributed by atoms with Crippen LogP contribution in [0, 0.1) is 0 Å². The molecule has 0 saturated carbocycles. The van der Waals surface area contributed by atoms with Crippen molar-refractivity contribution in [3.63, 3.8) is 0 Å². The predicted octanol–water partition coefficient (Wildman–Crippen LogP) is 2.08. The highest BCUT2D eigenvalue weighted by Gasteiger charge is 1.98. The van der Waals surface area contributed by atoms with Gasteiger partial charge in [-0.25, -0.2) is 9.67 Å². The number of nitrogens with zero attached hydrogens (tertiary/aromatic N) is 3. The van der Waals surface area contributed by atoms with Crippen LogP contribution in [0.3, 0.4) is 0 Å². The Hall–Kier alpha value is -1.83. The fourth-order valence-electron chi connectivity index (χ4n) is 1.63. The molecule has 0 saturated heterocycles. The van der Waals surface area contributed by atoms with Crippen LogP contribution >= 0.6 is 24.0 Å². The van der Waals surface area contributed by atoms with E-state index in [1.807, 2.05) is 41.2 Å². The molecular formula is C14H18IN5. The molecule has 5 nitrogen and oxygen atoms in total. The Labute approximate surface area is 135 Å². The first-order chi connectivity index (χ1) is 9.29. The van der Waals surface area contributed by atoms with Crippen LogP contribution in [-0.4, -0.2) is 22.3 Å². The SMILES string of the molecule is C=CCNC(N)=NCc1cccc(-n2cccn2)c1.I. The summed E-state index contributed by atoms with van der Waals surface area (Å²) in [6.45, 7) is 4.75. The first-order valence-electron chi connectivity index (χ1n) is 6.03. The predicted molar refractivity (Wildman–Crippen MR) is 92.5 cm³/mol. The minimum absolute atomic E-state index is 0. The summed E-state index contributed by atoms with van der Waals surface area (Å²) < 4.78 is 1.81. The van der Waals surface area contributed by atoms with Gasteiger partial charge in [0.15, 0.2) is 5.96 Å². The molecule has 20 heavy (non-hydrogen) atoms. The third-order valence-corrected chi connectivity index (χ3v) is 2.54. The van der Waals surface area contributed by atoms with Crippen molar-refractivity contribution >= 4 is 29.9 Å². The summed E-state index contributed by atoms with van der Waals surface area (Å²) in [6, 6.07) is 9.92. The molecule has 0 atom stereocenters. The fraction of sp³-hybridized carbons (Fsp3) is 0.143. The van der Waals surface area contributed by atoms with Crippen LogP contribution in [0.1, 0.15) is 5.56 Å². The Morgan fingerprint density at radius 3 is 3.00 bits per heavy atom. The summed E-state index contributed by atoms with van der Waals surface area (Å²) in [5.74, 6) is 0.421. The van der Waals surface area contributed by atoms with E-state index in [9.17, 15) is 0 Å². The highest BCUT2D eigenvalue weighted by molar-refractivity contribution is 14.0. The van der Waals surface area contributed by atoms with E-state index in [-0.39, 0.29) is 24.0 Å². The Morgan fingerprint density at radius 2 is 2.30 bits per heavy atom. The topological polar surface area (TPSA) is 68.2 Å². The molecule has 0 unspecified atom stereocenters. The molecule has 106 valence electrons. The molecule has 0 radical (unpaired) electrons. The number of hydrogen-bond donors (Lipinski definition) is 2. The first kappa shape index (κ1) is 16.2. The number of hydrogen-bond acceptors (Lipinski definition) is 2. The highest BCUT2D eigenvalue weighted by atomic mass is 127. The molecule has 1 aromatic carbocycles. The Balaban J connectivity index is 0.00000200. The molecule has 2 aromatic rings. The average molecular weight is 383 g/mol. The van der Waals surface area contributed by atoms with E-state index in [1.54, 1.807) is 12.3 Å². The van der Waals surface area contributed by atoms with Crippen molar-refractivity contribution in [1.82, 2.24) is 15.1 Å². The van der Waals surface area contributed by atoms with Crippen molar-refractivity contribution in [2.24, 2.45) is 10.7 Å². The van der Waals surface area contributed by atoms with Gasteiger partial charge in [-0.05, 0) is 23.8 Å². The molecule has 3 N–H and O–H groups in total. The normalized spacial score (nSPS) is 10.7. The summed E-state index contributed by atoms with van der Waals surface area (Å²) >= 11 is 0. The summed E-state index contributed by atoms with van der Waals surface area (Å²) in [5, 5.41) is 7.13. The standard InChI is InChI=1S/C14H17N5.HI/c1-2-7-16-14(15)17-11-12-5-3-6-13(10-12)19-9-4-8-18-19;/h2-6,8-10H,1,7,11H2,(H3,15,16,17);1H. The highest BCUT2D eigenvalue weighted by Crippen LogP contribution is 2.10. The van der Waals surface area contributed by atoms with Gasteiger partial charge >= 0.3 is 0 Å². The van der Waals surface area contributed by atoms with Crippen molar-refractivity contribution in [1.29, 1.82) is 0 Å². The molecule has 0 spiro atoms. The zero-order valence-electron chi connectivity index (χ0n) is 11.1. The minimum atomic E-state index is 0. The summed E-state index contributed by atoms with van der Waals surface area (Å²) in [6.07, 6.45) is 5.39. The number of halogens is 1. The van der Waals surface area contributed by atoms with Crippen LogP contribution in [-0.2, 0) is 6.54 Å². The van der Waals surface area contributed by atoms with Crippen LogP contribution in [0.4, 0.5) is 0 Å². The molecule has 1 heterocycles. The minimum Gasteiger partial charge on any atom is -0.370 e. The lowest BCUT2D eigenvalue weighted by Gasteiger charge is -2.05. The number of aromatic nitrogens is 2. The molecule has 0 aliphatic heterocycles. The van der Waals surface area contributed by atoms with Gasteiger partial charge in [-0.2, -0.15) is 5.10 Å². The van der Waals surface area contributed by atoms with E-state index < -0.39 is 0 Å². The van der Waals surface area contributed by atoms with Gasteiger partial charge in [0.05, 0.1) is 12.2 Å². The van der Waals surface area contributed by atoms with E-state index in [0.717, 1.165) is 11.3 Å². The van der Waals surface area contributed by atoms with Crippen molar-refractivity contribution in [3.05, 3.63) is 60.9 Å². The zero-order chi connectivity index (χ0) is 13.5. The van der Waals surface area contributed by atoms with E-state index in [2.05, 4.69) is 22.0 Å². The van der Waals surface area contributed by atoms with Crippen molar-refractivity contribution in [2.45, 2.75) is 6.54 Å². The molecule has 0 aliphatic carbocycles. The maximum Gasteiger partial charge on any atom is 0.189 e. The van der Waals surface area contributed by atoms with Crippen LogP contribution in [0.25, 0.3) is 5.69 Å². The Kier molecular flexibility index (Phi) is 6.78. The summed E-state index contributed by atoms with van der Waals surface area (Å²) in [4.78, 5) is 4.26. The number of rotatable bonds is 5. The second-order valence-corrected chi connectivity index (χ2v) is 3.99. The maximum atomic E-state index is 5.71. The zero-order valence-corrected chi connectivity index (χ0v) is 13.4. The number of nitrogens with two attached hydrogens (primary N) is 1. The lowest BCUT2D eigenvalue weighted by Crippen LogP contribution is -2.31. The van der Waals surface area contributed by atoms with E-state index in [0.29, 0.717) is 19.0 Å². The van der Waals surface area contributed by atoms with Gasteiger partial charge < -0.3 is 11.1 Å². The number of benzene rings is 1. The van der Waals surface area contributed by atoms with Gasteiger partial charge in [-0.15, -0.1) is 30.6 Å². The van der Waals surface area contributed by atoms with E-state index in [4.69, 9.17) is 5.73 Å². The van der Waals surface area contributed by atoms with Crippen LogP contribution in [0.2, 0.25) is 0 Å². The number of guanidine groups is 1. The second-order valence-electron chi connectivity index (χ2n) is 3.99. The molecule has 0 fully saturated rings. The first-order valence-corrected chi connectivity index (χ1v) is 6.03. The van der Waals surface area contributed by atoms with Crippen molar-refractivity contribution in [3.8, 4) is 5.69 Å². The van der Waals surface area contributed by atoms with Crippen molar-refractivity contribution in [2.75, 3.05) is 6.54 Å². The fourth-order valence-corrected chi connectivity index (χ4v) is 1.63. The summed E-state index contributed by atoms with van der Waals surface area (Å²) in [5.41, 5.74) is 7.80. The molecule has 1 aromatic heterocycles.